The number of rotatable bonds is 6. The van der Waals surface area contributed by atoms with E-state index in [0.29, 0.717) is 0 Å². The molecule has 0 amide bonds. The van der Waals surface area contributed by atoms with Crippen LogP contribution in [0.15, 0.2) is 30.3 Å². The molecule has 0 heterocycles. The van der Waals surface area contributed by atoms with E-state index in [0.717, 1.165) is 12.2 Å². The first-order valence-corrected chi connectivity index (χ1v) is 5.86. The smallest absolute Gasteiger partial charge is 0.0127 e. The largest absolute Gasteiger partial charge is 0.327 e. The zero-order valence-electron chi connectivity index (χ0n) is 8.52. The van der Waals surface area contributed by atoms with Crippen LogP contribution in [-0.2, 0) is 6.42 Å². The molecule has 1 aromatic rings. The highest BCUT2D eigenvalue weighted by molar-refractivity contribution is 7.80. The predicted molar refractivity (Wildman–Crippen MR) is 65.8 cm³/mol. The fraction of sp³-hybridized carbons (Fsp3) is 0.500. The number of aryl methyl sites for hydroxylation is 1. The topological polar surface area (TPSA) is 26.0 Å². The molecule has 0 spiro atoms. The van der Waals surface area contributed by atoms with Gasteiger partial charge in [-0.2, -0.15) is 12.6 Å². The van der Waals surface area contributed by atoms with Crippen molar-refractivity contribution in [2.45, 2.75) is 31.7 Å². The van der Waals surface area contributed by atoms with Crippen molar-refractivity contribution in [3.8, 4) is 0 Å². The summed E-state index contributed by atoms with van der Waals surface area (Å²) < 4.78 is 0. The number of unbranched alkanes of at least 4 members (excludes halogenated alkanes) is 1. The van der Waals surface area contributed by atoms with Gasteiger partial charge in [0.2, 0.25) is 0 Å². The Bertz CT molecular complexity index is 235. The van der Waals surface area contributed by atoms with Gasteiger partial charge in [0.25, 0.3) is 0 Å². The molecule has 0 aromatic heterocycles. The van der Waals surface area contributed by atoms with Crippen molar-refractivity contribution in [2.24, 2.45) is 5.73 Å². The van der Waals surface area contributed by atoms with Crippen molar-refractivity contribution in [1.29, 1.82) is 0 Å². The predicted octanol–water partition coefficient (Wildman–Crippen LogP) is 2.66. The minimum Gasteiger partial charge on any atom is -0.327 e. The molecule has 1 nitrogen and oxygen atoms in total. The Balaban J connectivity index is 2.10. The van der Waals surface area contributed by atoms with E-state index in [1.165, 1.54) is 24.8 Å². The van der Waals surface area contributed by atoms with Crippen LogP contribution in [0.3, 0.4) is 0 Å². The Hall–Kier alpha value is -0.470. The minimum atomic E-state index is 0.272. The molecule has 1 atom stereocenters. The maximum absolute atomic E-state index is 5.78. The molecule has 78 valence electrons. The average molecular weight is 209 g/mol. The van der Waals surface area contributed by atoms with Gasteiger partial charge in [0.1, 0.15) is 0 Å². The molecule has 0 saturated heterocycles. The zero-order chi connectivity index (χ0) is 10.2. The summed E-state index contributed by atoms with van der Waals surface area (Å²) >= 11 is 4.16. The van der Waals surface area contributed by atoms with Crippen LogP contribution in [-0.4, -0.2) is 11.8 Å². The maximum Gasteiger partial charge on any atom is 0.0127 e. The molecule has 14 heavy (non-hydrogen) atoms. The Kier molecular flexibility index (Phi) is 5.72. The number of hydrogen-bond acceptors (Lipinski definition) is 2. The molecule has 0 aliphatic heterocycles. The Morgan fingerprint density at radius 3 is 2.50 bits per heavy atom. The van der Waals surface area contributed by atoms with Gasteiger partial charge in [0, 0.05) is 11.8 Å². The van der Waals surface area contributed by atoms with Crippen molar-refractivity contribution >= 4 is 12.6 Å². The van der Waals surface area contributed by atoms with E-state index in [9.17, 15) is 0 Å². The van der Waals surface area contributed by atoms with Gasteiger partial charge in [0.15, 0.2) is 0 Å². The molecular formula is C12H19NS. The lowest BCUT2D eigenvalue weighted by Crippen LogP contribution is -2.21. The van der Waals surface area contributed by atoms with E-state index in [4.69, 9.17) is 5.73 Å². The molecule has 0 fully saturated rings. The Labute approximate surface area is 92.1 Å². The molecule has 0 aliphatic rings. The SMILES string of the molecule is N[C@H](CS)CCCCc1ccccc1. The fourth-order valence-electron chi connectivity index (χ4n) is 1.47. The first-order chi connectivity index (χ1) is 6.83. The second-order valence-corrected chi connectivity index (χ2v) is 4.04. The number of thiol groups is 1. The molecule has 0 radical (unpaired) electrons. The van der Waals surface area contributed by atoms with Crippen molar-refractivity contribution in [1.82, 2.24) is 0 Å². The van der Waals surface area contributed by atoms with Crippen LogP contribution in [0.1, 0.15) is 24.8 Å². The Morgan fingerprint density at radius 2 is 1.86 bits per heavy atom. The van der Waals surface area contributed by atoms with Gasteiger partial charge in [-0.3, -0.25) is 0 Å². The first-order valence-electron chi connectivity index (χ1n) is 5.23. The highest BCUT2D eigenvalue weighted by atomic mass is 32.1. The zero-order valence-corrected chi connectivity index (χ0v) is 9.42. The van der Waals surface area contributed by atoms with Crippen LogP contribution >= 0.6 is 12.6 Å². The minimum absolute atomic E-state index is 0.272. The second kappa shape index (κ2) is 6.91. The average Bonchev–Trinajstić information content (AvgIpc) is 2.25. The van der Waals surface area contributed by atoms with Gasteiger partial charge in [-0.15, -0.1) is 0 Å². The maximum atomic E-state index is 5.78. The Morgan fingerprint density at radius 1 is 1.14 bits per heavy atom. The normalized spacial score (nSPS) is 12.7. The van der Waals surface area contributed by atoms with Crippen molar-refractivity contribution in [2.75, 3.05) is 5.75 Å². The third-order valence-corrected chi connectivity index (χ3v) is 2.84. The van der Waals surface area contributed by atoms with E-state index in [1.807, 2.05) is 0 Å². The second-order valence-electron chi connectivity index (χ2n) is 3.67. The molecule has 0 bridgehead atoms. The van der Waals surface area contributed by atoms with Gasteiger partial charge < -0.3 is 5.73 Å². The molecule has 0 aliphatic carbocycles. The van der Waals surface area contributed by atoms with E-state index in [1.54, 1.807) is 0 Å². The molecular weight excluding hydrogens is 190 g/mol. The van der Waals surface area contributed by atoms with Crippen LogP contribution in [0, 0.1) is 0 Å². The van der Waals surface area contributed by atoms with E-state index < -0.39 is 0 Å². The third-order valence-electron chi connectivity index (χ3n) is 2.37. The summed E-state index contributed by atoms with van der Waals surface area (Å²) in [4.78, 5) is 0. The molecule has 2 heteroatoms. The van der Waals surface area contributed by atoms with Gasteiger partial charge >= 0.3 is 0 Å². The van der Waals surface area contributed by atoms with Gasteiger partial charge in [-0.1, -0.05) is 36.8 Å². The van der Waals surface area contributed by atoms with Crippen LogP contribution in [0.4, 0.5) is 0 Å². The lowest BCUT2D eigenvalue weighted by molar-refractivity contribution is 0.604. The number of hydrogen-bond donors (Lipinski definition) is 2. The molecule has 1 rings (SSSR count). The van der Waals surface area contributed by atoms with Crippen LogP contribution < -0.4 is 5.73 Å². The van der Waals surface area contributed by atoms with E-state index >= 15 is 0 Å². The monoisotopic (exact) mass is 209 g/mol. The van der Waals surface area contributed by atoms with Crippen LogP contribution in [0.25, 0.3) is 0 Å². The summed E-state index contributed by atoms with van der Waals surface area (Å²) in [7, 11) is 0. The summed E-state index contributed by atoms with van der Waals surface area (Å²) in [6.07, 6.45) is 4.69. The van der Waals surface area contributed by atoms with Gasteiger partial charge in [0.05, 0.1) is 0 Å². The highest BCUT2D eigenvalue weighted by Gasteiger charge is 1.98. The number of benzene rings is 1. The fourth-order valence-corrected chi connectivity index (χ4v) is 1.65. The molecule has 1 aromatic carbocycles. The standard InChI is InChI=1S/C12H19NS/c13-12(10-14)9-5-4-8-11-6-2-1-3-7-11/h1-3,6-7,12,14H,4-5,8-10,13H2/t12-/m0/s1. The summed E-state index contributed by atoms with van der Waals surface area (Å²) in [5.41, 5.74) is 7.20. The van der Waals surface area contributed by atoms with Gasteiger partial charge in [-0.05, 0) is 24.8 Å². The van der Waals surface area contributed by atoms with Crippen molar-refractivity contribution < 1.29 is 0 Å². The first kappa shape index (κ1) is 11.6. The highest BCUT2D eigenvalue weighted by Crippen LogP contribution is 2.07. The van der Waals surface area contributed by atoms with E-state index in [2.05, 4.69) is 43.0 Å². The summed E-state index contributed by atoms with van der Waals surface area (Å²) in [5, 5.41) is 0. The van der Waals surface area contributed by atoms with Crippen LogP contribution in [0.2, 0.25) is 0 Å². The summed E-state index contributed by atoms with van der Waals surface area (Å²) in [6, 6.07) is 10.9. The summed E-state index contributed by atoms with van der Waals surface area (Å²) in [6.45, 7) is 0. The van der Waals surface area contributed by atoms with E-state index in [-0.39, 0.29) is 6.04 Å². The van der Waals surface area contributed by atoms with Gasteiger partial charge in [-0.25, -0.2) is 0 Å². The molecule has 0 unspecified atom stereocenters. The van der Waals surface area contributed by atoms with Crippen molar-refractivity contribution in [3.63, 3.8) is 0 Å². The summed E-state index contributed by atoms with van der Waals surface area (Å²) in [5.74, 6) is 0.797. The molecule has 2 N–H and O–H groups in total. The quantitative estimate of drug-likeness (QED) is 0.547. The van der Waals surface area contributed by atoms with Crippen LogP contribution in [0.5, 0.6) is 0 Å². The third kappa shape index (κ3) is 4.68. The lowest BCUT2D eigenvalue weighted by Gasteiger charge is -2.07. The molecule has 0 saturated carbocycles. The van der Waals surface area contributed by atoms with Crippen molar-refractivity contribution in [3.05, 3.63) is 35.9 Å². The lowest BCUT2D eigenvalue weighted by atomic mass is 10.1. The number of nitrogens with two attached hydrogens (primary N) is 1.